The predicted molar refractivity (Wildman–Crippen MR) is 122 cm³/mol. The number of hydrogen-bond donors (Lipinski definition) is 1. The molecule has 3 aromatic rings. The molecule has 3 rings (SSSR count). The number of anilines is 1. The smallest absolute Gasteiger partial charge is 0.264 e. The van der Waals surface area contributed by atoms with Crippen LogP contribution in [0.1, 0.15) is 11.1 Å². The van der Waals surface area contributed by atoms with Crippen molar-refractivity contribution in [1.82, 2.24) is 5.32 Å². The van der Waals surface area contributed by atoms with Crippen LogP contribution in [0.3, 0.4) is 0 Å². The predicted octanol–water partition coefficient (Wildman–Crippen LogP) is 3.83. The van der Waals surface area contributed by atoms with Crippen LogP contribution in [0.25, 0.3) is 0 Å². The molecule has 0 saturated carbocycles. The molecule has 168 valence electrons. The summed E-state index contributed by atoms with van der Waals surface area (Å²) in [5.41, 5.74) is 2.18. The second-order valence-electron chi connectivity index (χ2n) is 7.27. The molecule has 0 radical (unpaired) electrons. The molecular weight excluding hydrogens is 431 g/mol. The Morgan fingerprint density at radius 1 is 1.00 bits per heavy atom. The maximum atomic E-state index is 13.3. The van der Waals surface area contributed by atoms with Crippen LogP contribution < -0.4 is 14.4 Å². The molecule has 8 heteroatoms. The quantitative estimate of drug-likeness (QED) is 0.497. The van der Waals surface area contributed by atoms with Crippen molar-refractivity contribution in [3.05, 3.63) is 89.7 Å². The van der Waals surface area contributed by atoms with E-state index < -0.39 is 15.9 Å². The Morgan fingerprint density at radius 2 is 1.69 bits per heavy atom. The average Bonchev–Trinajstić information content (AvgIpc) is 2.77. The van der Waals surface area contributed by atoms with E-state index in [0.29, 0.717) is 11.4 Å². The van der Waals surface area contributed by atoms with Gasteiger partial charge >= 0.3 is 0 Å². The van der Waals surface area contributed by atoms with Crippen LogP contribution in [0.4, 0.5) is 10.1 Å². The summed E-state index contributed by atoms with van der Waals surface area (Å²) >= 11 is 0. The molecule has 6 nitrogen and oxygen atoms in total. The fourth-order valence-corrected chi connectivity index (χ4v) is 4.69. The van der Waals surface area contributed by atoms with Crippen LogP contribution in [0, 0.1) is 19.7 Å². The van der Waals surface area contributed by atoms with E-state index in [0.717, 1.165) is 15.4 Å². The highest BCUT2D eigenvalue weighted by Crippen LogP contribution is 2.27. The van der Waals surface area contributed by atoms with Crippen molar-refractivity contribution in [2.24, 2.45) is 0 Å². The van der Waals surface area contributed by atoms with Crippen molar-refractivity contribution >= 4 is 21.6 Å². The van der Waals surface area contributed by atoms with Gasteiger partial charge < -0.3 is 10.1 Å². The number of benzene rings is 3. The number of carbonyl (C=O) groups excluding carboxylic acids is 1. The molecule has 1 N–H and O–H groups in total. The van der Waals surface area contributed by atoms with Gasteiger partial charge in [0.25, 0.3) is 10.0 Å². The maximum absolute atomic E-state index is 13.3. The second kappa shape index (κ2) is 10.3. The molecular formula is C24H25FN2O4S. The van der Waals surface area contributed by atoms with E-state index in [1.807, 2.05) is 26.0 Å². The Bertz CT molecular complexity index is 1170. The number of amides is 1. The summed E-state index contributed by atoms with van der Waals surface area (Å²) in [5, 5.41) is 2.67. The molecule has 0 atom stereocenters. The largest absolute Gasteiger partial charge is 0.492 e. The monoisotopic (exact) mass is 456 g/mol. The standard InChI is InChI=1S/C24H25FN2O4S/c1-18-8-13-23(19(2)16-18)27(32(29,30)22-6-4-3-5-7-22)17-24(28)26-14-15-31-21-11-9-20(25)10-12-21/h3-13,16H,14-15,17H2,1-2H3,(H,26,28). The molecule has 0 heterocycles. The van der Waals surface area contributed by atoms with E-state index in [1.54, 1.807) is 24.3 Å². The fraction of sp³-hybridized carbons (Fsp3) is 0.208. The first-order chi connectivity index (χ1) is 15.3. The highest BCUT2D eigenvalue weighted by atomic mass is 32.2. The van der Waals surface area contributed by atoms with Crippen molar-refractivity contribution in [2.75, 3.05) is 24.0 Å². The van der Waals surface area contributed by atoms with Crippen molar-refractivity contribution in [1.29, 1.82) is 0 Å². The van der Waals surface area contributed by atoms with Gasteiger partial charge in [-0.2, -0.15) is 0 Å². The molecule has 3 aromatic carbocycles. The average molecular weight is 457 g/mol. The maximum Gasteiger partial charge on any atom is 0.264 e. The van der Waals surface area contributed by atoms with E-state index in [2.05, 4.69) is 5.32 Å². The molecule has 0 unspecified atom stereocenters. The minimum Gasteiger partial charge on any atom is -0.492 e. The van der Waals surface area contributed by atoms with Gasteiger partial charge in [-0.15, -0.1) is 0 Å². The molecule has 0 aliphatic carbocycles. The number of nitrogens with zero attached hydrogens (tertiary/aromatic N) is 1. The number of ether oxygens (including phenoxy) is 1. The lowest BCUT2D eigenvalue weighted by Crippen LogP contribution is -2.42. The zero-order valence-corrected chi connectivity index (χ0v) is 18.7. The molecule has 0 saturated heterocycles. The van der Waals surface area contributed by atoms with Crippen LogP contribution >= 0.6 is 0 Å². The van der Waals surface area contributed by atoms with Gasteiger partial charge in [-0.1, -0.05) is 35.9 Å². The Kier molecular flexibility index (Phi) is 7.48. The van der Waals surface area contributed by atoms with E-state index in [9.17, 15) is 17.6 Å². The number of carbonyl (C=O) groups is 1. The zero-order valence-electron chi connectivity index (χ0n) is 17.9. The second-order valence-corrected chi connectivity index (χ2v) is 9.13. The van der Waals surface area contributed by atoms with Crippen molar-refractivity contribution in [3.8, 4) is 5.75 Å². The molecule has 32 heavy (non-hydrogen) atoms. The summed E-state index contributed by atoms with van der Waals surface area (Å²) in [6.45, 7) is 3.68. The third-order valence-corrected chi connectivity index (χ3v) is 6.52. The van der Waals surface area contributed by atoms with Gasteiger partial charge in [-0.05, 0) is 61.9 Å². The summed E-state index contributed by atoms with van der Waals surface area (Å²) in [5.74, 6) is -0.354. The van der Waals surface area contributed by atoms with Gasteiger partial charge in [0, 0.05) is 0 Å². The van der Waals surface area contributed by atoms with Crippen molar-refractivity contribution < 1.29 is 22.3 Å². The van der Waals surface area contributed by atoms with Gasteiger partial charge in [0.05, 0.1) is 17.1 Å². The highest BCUT2D eigenvalue weighted by molar-refractivity contribution is 7.92. The summed E-state index contributed by atoms with van der Waals surface area (Å²) < 4.78 is 46.2. The van der Waals surface area contributed by atoms with Crippen molar-refractivity contribution in [2.45, 2.75) is 18.7 Å². The normalized spacial score (nSPS) is 11.1. The third-order valence-electron chi connectivity index (χ3n) is 4.75. The van der Waals surface area contributed by atoms with Crippen molar-refractivity contribution in [3.63, 3.8) is 0 Å². The summed E-state index contributed by atoms with van der Waals surface area (Å²) in [6, 6.07) is 18.9. The SMILES string of the molecule is Cc1ccc(N(CC(=O)NCCOc2ccc(F)cc2)S(=O)(=O)c2ccccc2)c(C)c1. The molecule has 1 amide bonds. The molecule has 0 spiro atoms. The number of rotatable bonds is 9. The molecule has 0 aromatic heterocycles. The number of sulfonamides is 1. The third kappa shape index (κ3) is 5.85. The van der Waals surface area contributed by atoms with Gasteiger partial charge in [-0.25, -0.2) is 12.8 Å². The van der Waals surface area contributed by atoms with Crippen LogP contribution in [-0.2, 0) is 14.8 Å². The minimum absolute atomic E-state index is 0.104. The van der Waals surface area contributed by atoms with Gasteiger partial charge in [0.2, 0.25) is 5.91 Å². The first-order valence-corrected chi connectivity index (χ1v) is 11.5. The van der Waals surface area contributed by atoms with Crippen LogP contribution in [0.5, 0.6) is 5.75 Å². The Labute approximate surface area is 187 Å². The lowest BCUT2D eigenvalue weighted by molar-refractivity contribution is -0.119. The van der Waals surface area contributed by atoms with Crippen LogP contribution in [0.2, 0.25) is 0 Å². The van der Waals surface area contributed by atoms with Crippen LogP contribution in [0.15, 0.2) is 77.7 Å². The van der Waals surface area contributed by atoms with Gasteiger partial charge in [0.1, 0.15) is 24.7 Å². The topological polar surface area (TPSA) is 75.7 Å². The minimum atomic E-state index is -3.96. The molecule has 0 bridgehead atoms. The molecule has 0 aliphatic heterocycles. The Morgan fingerprint density at radius 3 is 2.34 bits per heavy atom. The Hall–Kier alpha value is -3.39. The number of hydrogen-bond acceptors (Lipinski definition) is 4. The van der Waals surface area contributed by atoms with Gasteiger partial charge in [0.15, 0.2) is 0 Å². The van der Waals surface area contributed by atoms with Crippen LogP contribution in [-0.4, -0.2) is 34.0 Å². The van der Waals surface area contributed by atoms with E-state index in [1.165, 1.54) is 36.4 Å². The number of aryl methyl sites for hydroxylation is 2. The summed E-state index contributed by atoms with van der Waals surface area (Å²) in [7, 11) is -3.96. The summed E-state index contributed by atoms with van der Waals surface area (Å²) in [4.78, 5) is 12.7. The van der Waals surface area contributed by atoms with E-state index in [4.69, 9.17) is 4.74 Å². The first kappa shape index (κ1) is 23.3. The highest BCUT2D eigenvalue weighted by Gasteiger charge is 2.28. The van der Waals surface area contributed by atoms with E-state index >= 15 is 0 Å². The fourth-order valence-electron chi connectivity index (χ4n) is 3.18. The number of nitrogens with one attached hydrogen (secondary N) is 1. The van der Waals surface area contributed by atoms with Gasteiger partial charge in [-0.3, -0.25) is 9.10 Å². The Balaban J connectivity index is 1.72. The lowest BCUT2D eigenvalue weighted by atomic mass is 10.1. The molecule has 0 fully saturated rings. The zero-order chi connectivity index (χ0) is 23.1. The summed E-state index contributed by atoms with van der Waals surface area (Å²) in [6.07, 6.45) is 0. The molecule has 0 aliphatic rings. The first-order valence-electron chi connectivity index (χ1n) is 10.1. The van der Waals surface area contributed by atoms with E-state index in [-0.39, 0.29) is 30.4 Å². The number of halogens is 1. The lowest BCUT2D eigenvalue weighted by Gasteiger charge is -2.26.